The first kappa shape index (κ1) is 12.1. The largest absolute Gasteiger partial charge is 0.328 e. The summed E-state index contributed by atoms with van der Waals surface area (Å²) in [5, 5.41) is 0. The van der Waals surface area contributed by atoms with E-state index in [2.05, 4.69) is 6.92 Å². The maximum absolute atomic E-state index is 11.3. The topological polar surface area (TPSA) is 43.1 Å². The van der Waals surface area contributed by atoms with Crippen molar-refractivity contribution in [1.82, 2.24) is 0 Å². The maximum atomic E-state index is 11.3. The second kappa shape index (κ2) is 7.74. The number of hydrogen-bond donors (Lipinski definition) is 1. The summed E-state index contributed by atoms with van der Waals surface area (Å²) >= 11 is 0. The molecule has 74 valence electrons. The molecule has 0 aliphatic heterocycles. The van der Waals surface area contributed by atoms with E-state index in [0.717, 1.165) is 24.3 Å². The van der Waals surface area contributed by atoms with Crippen molar-refractivity contribution in [2.45, 2.75) is 45.6 Å². The minimum absolute atomic E-state index is 0.195. The van der Waals surface area contributed by atoms with E-state index in [-0.39, 0.29) is 6.04 Å². The summed E-state index contributed by atoms with van der Waals surface area (Å²) in [6, 6.07) is 0.195. The van der Waals surface area contributed by atoms with Crippen LogP contribution < -0.4 is 5.73 Å². The second-order valence-corrected chi connectivity index (χ2v) is 5.02. The Hall–Kier alpha value is 0.110. The molecule has 0 aromatic heterocycles. The third-order valence-electron chi connectivity index (χ3n) is 1.78. The van der Waals surface area contributed by atoms with Crippen LogP contribution in [0, 0.1) is 0 Å². The molecule has 0 saturated carbocycles. The molecule has 0 radical (unpaired) electrons. The predicted octanol–water partition coefficient (Wildman–Crippen LogP) is 1.66. The van der Waals surface area contributed by atoms with Crippen LogP contribution >= 0.6 is 0 Å². The highest BCUT2D eigenvalue weighted by molar-refractivity contribution is 7.84. The normalized spacial score (nSPS) is 15.9. The Kier molecular flexibility index (Phi) is 7.81. The van der Waals surface area contributed by atoms with Gasteiger partial charge in [0.1, 0.15) is 0 Å². The lowest BCUT2D eigenvalue weighted by molar-refractivity contribution is 0.662. The maximum Gasteiger partial charge on any atom is 0.0249 e. The summed E-state index contributed by atoms with van der Waals surface area (Å²) in [6.07, 6.45) is 4.38. The van der Waals surface area contributed by atoms with Crippen molar-refractivity contribution in [3.8, 4) is 0 Å². The van der Waals surface area contributed by atoms with Crippen LogP contribution in [0.15, 0.2) is 0 Å². The number of rotatable bonds is 7. The van der Waals surface area contributed by atoms with Crippen molar-refractivity contribution < 1.29 is 4.21 Å². The van der Waals surface area contributed by atoms with Crippen molar-refractivity contribution >= 4 is 10.8 Å². The zero-order valence-electron chi connectivity index (χ0n) is 8.21. The summed E-state index contributed by atoms with van der Waals surface area (Å²) in [4.78, 5) is 0. The molecular formula is C9H21NOS. The first-order valence-electron chi connectivity index (χ1n) is 4.77. The van der Waals surface area contributed by atoms with Crippen LogP contribution in [0.5, 0.6) is 0 Å². The van der Waals surface area contributed by atoms with Crippen molar-refractivity contribution in [2.24, 2.45) is 5.73 Å². The van der Waals surface area contributed by atoms with Crippen LogP contribution in [0.2, 0.25) is 0 Å². The molecule has 0 aliphatic carbocycles. The van der Waals surface area contributed by atoms with Gasteiger partial charge in [0, 0.05) is 28.3 Å². The molecule has 0 aliphatic rings. The van der Waals surface area contributed by atoms with E-state index in [1.807, 2.05) is 6.92 Å². The molecule has 2 unspecified atom stereocenters. The van der Waals surface area contributed by atoms with Crippen molar-refractivity contribution in [3.05, 3.63) is 0 Å². The standard InChI is InChI=1S/C9H21NOS/c1-3-4-5-7-12(11)8-6-9(2)10/h9H,3-8,10H2,1-2H3. The minimum Gasteiger partial charge on any atom is -0.328 e. The molecule has 2 N–H and O–H groups in total. The van der Waals surface area contributed by atoms with Gasteiger partial charge in [-0.1, -0.05) is 19.8 Å². The average Bonchev–Trinajstić information content (AvgIpc) is 2.01. The molecule has 0 heterocycles. The smallest absolute Gasteiger partial charge is 0.0249 e. The molecule has 0 saturated heterocycles. The van der Waals surface area contributed by atoms with Crippen molar-refractivity contribution in [1.29, 1.82) is 0 Å². The summed E-state index contributed by atoms with van der Waals surface area (Å²) in [5.41, 5.74) is 5.56. The third kappa shape index (κ3) is 8.21. The molecule has 0 aromatic rings. The fraction of sp³-hybridized carbons (Fsp3) is 1.00. The van der Waals surface area contributed by atoms with E-state index in [9.17, 15) is 4.21 Å². The SMILES string of the molecule is CCCCCS(=O)CCC(C)N. The summed E-state index contributed by atoms with van der Waals surface area (Å²) in [7, 11) is -0.622. The number of hydrogen-bond acceptors (Lipinski definition) is 2. The van der Waals surface area contributed by atoms with E-state index < -0.39 is 10.8 Å². The van der Waals surface area contributed by atoms with Gasteiger partial charge < -0.3 is 5.73 Å². The van der Waals surface area contributed by atoms with Gasteiger partial charge in [0.15, 0.2) is 0 Å². The quantitative estimate of drug-likeness (QED) is 0.622. The van der Waals surface area contributed by atoms with Crippen LogP contribution in [0.3, 0.4) is 0 Å². The van der Waals surface area contributed by atoms with Gasteiger partial charge in [-0.05, 0) is 19.8 Å². The van der Waals surface area contributed by atoms with Crippen LogP contribution in [0.25, 0.3) is 0 Å². The predicted molar refractivity (Wildman–Crippen MR) is 55.7 cm³/mol. The van der Waals surface area contributed by atoms with Crippen LogP contribution in [0.4, 0.5) is 0 Å². The first-order chi connectivity index (χ1) is 5.66. The van der Waals surface area contributed by atoms with Gasteiger partial charge in [-0.3, -0.25) is 4.21 Å². The molecule has 2 nitrogen and oxygen atoms in total. The Morgan fingerprint density at radius 2 is 2.00 bits per heavy atom. The Morgan fingerprint density at radius 1 is 1.33 bits per heavy atom. The Balaban J connectivity index is 3.22. The summed E-state index contributed by atoms with van der Waals surface area (Å²) in [6.45, 7) is 4.12. The molecular weight excluding hydrogens is 170 g/mol. The van der Waals surface area contributed by atoms with E-state index >= 15 is 0 Å². The van der Waals surface area contributed by atoms with Gasteiger partial charge in [-0.15, -0.1) is 0 Å². The molecule has 0 rings (SSSR count). The van der Waals surface area contributed by atoms with Gasteiger partial charge in [-0.2, -0.15) is 0 Å². The fourth-order valence-corrected chi connectivity index (χ4v) is 2.30. The number of nitrogens with two attached hydrogens (primary N) is 1. The molecule has 12 heavy (non-hydrogen) atoms. The highest BCUT2D eigenvalue weighted by Gasteiger charge is 2.01. The van der Waals surface area contributed by atoms with Crippen LogP contribution in [-0.2, 0) is 10.8 Å². The minimum atomic E-state index is -0.622. The Bertz CT molecular complexity index is 126. The third-order valence-corrected chi connectivity index (χ3v) is 3.21. The van der Waals surface area contributed by atoms with E-state index in [0.29, 0.717) is 0 Å². The Morgan fingerprint density at radius 3 is 2.50 bits per heavy atom. The lowest BCUT2D eigenvalue weighted by Gasteiger charge is -2.04. The average molecular weight is 191 g/mol. The highest BCUT2D eigenvalue weighted by Crippen LogP contribution is 1.98. The van der Waals surface area contributed by atoms with Gasteiger partial charge in [0.05, 0.1) is 0 Å². The summed E-state index contributed by atoms with van der Waals surface area (Å²) < 4.78 is 11.3. The number of unbranched alkanes of at least 4 members (excludes halogenated alkanes) is 2. The monoisotopic (exact) mass is 191 g/mol. The van der Waals surface area contributed by atoms with E-state index in [4.69, 9.17) is 5.73 Å². The first-order valence-corrected chi connectivity index (χ1v) is 6.26. The van der Waals surface area contributed by atoms with Crippen LogP contribution in [-0.4, -0.2) is 21.8 Å². The fourth-order valence-electron chi connectivity index (χ4n) is 0.932. The molecule has 0 spiro atoms. The zero-order chi connectivity index (χ0) is 9.40. The van der Waals surface area contributed by atoms with Gasteiger partial charge in [0.25, 0.3) is 0 Å². The molecule has 3 heteroatoms. The van der Waals surface area contributed by atoms with Crippen molar-refractivity contribution in [2.75, 3.05) is 11.5 Å². The second-order valence-electron chi connectivity index (χ2n) is 3.32. The highest BCUT2D eigenvalue weighted by atomic mass is 32.2. The van der Waals surface area contributed by atoms with Gasteiger partial charge >= 0.3 is 0 Å². The molecule has 0 fully saturated rings. The van der Waals surface area contributed by atoms with Crippen LogP contribution in [0.1, 0.15) is 39.5 Å². The van der Waals surface area contributed by atoms with Crippen molar-refractivity contribution in [3.63, 3.8) is 0 Å². The van der Waals surface area contributed by atoms with E-state index in [1.54, 1.807) is 0 Å². The molecule has 0 amide bonds. The zero-order valence-corrected chi connectivity index (χ0v) is 9.03. The molecule has 0 aromatic carbocycles. The lowest BCUT2D eigenvalue weighted by Crippen LogP contribution is -2.18. The molecule has 0 bridgehead atoms. The lowest BCUT2D eigenvalue weighted by atomic mass is 10.3. The van der Waals surface area contributed by atoms with Gasteiger partial charge in [0.2, 0.25) is 0 Å². The summed E-state index contributed by atoms with van der Waals surface area (Å²) in [5.74, 6) is 1.64. The molecule has 2 atom stereocenters. The van der Waals surface area contributed by atoms with Gasteiger partial charge in [-0.25, -0.2) is 0 Å². The van der Waals surface area contributed by atoms with E-state index in [1.165, 1.54) is 12.8 Å². The Labute approximate surface area is 78.4 Å².